The lowest BCUT2D eigenvalue weighted by molar-refractivity contribution is 0.0698. The summed E-state index contributed by atoms with van der Waals surface area (Å²) in [4.78, 5) is 14.7. The molecule has 3 N–H and O–H groups in total. The minimum absolute atomic E-state index is 0.00410. The summed E-state index contributed by atoms with van der Waals surface area (Å²) in [6.45, 7) is 0. The summed E-state index contributed by atoms with van der Waals surface area (Å²) in [5.41, 5.74) is 5.53. The van der Waals surface area contributed by atoms with E-state index in [1.807, 2.05) is 0 Å². The average Bonchev–Trinajstić information content (AvgIpc) is 2.20. The van der Waals surface area contributed by atoms with E-state index in [0.717, 1.165) is 0 Å². The summed E-state index contributed by atoms with van der Waals surface area (Å²) in [6.07, 6.45) is 0. The molecule has 80 valence electrons. The number of carbonyl (C=O) groups is 1. The molecule has 0 fully saturated rings. The largest absolute Gasteiger partial charge is 0.478 e. The normalized spacial score (nSPS) is 11.5. The fraction of sp³-hybridized carbons (Fsp3) is 0.111. The maximum atomic E-state index is 10.8. The van der Waals surface area contributed by atoms with E-state index in [-0.39, 0.29) is 28.0 Å². The second-order valence-corrected chi connectivity index (χ2v) is 3.35. The lowest BCUT2D eigenvalue weighted by atomic mass is 10.2. The van der Waals surface area contributed by atoms with Crippen LogP contribution in [0.4, 0.5) is 5.69 Å². The molecule has 0 aliphatic rings. The Morgan fingerprint density at radius 1 is 1.53 bits per heavy atom. The van der Waals surface area contributed by atoms with Gasteiger partial charge >= 0.3 is 5.97 Å². The van der Waals surface area contributed by atoms with Crippen molar-refractivity contribution in [3.63, 3.8) is 0 Å². The van der Waals surface area contributed by atoms with Gasteiger partial charge in [-0.15, -0.1) is 11.6 Å². The van der Waals surface area contributed by atoms with Crippen molar-refractivity contribution in [3.8, 4) is 0 Å². The lowest BCUT2D eigenvalue weighted by Crippen LogP contribution is -2.12. The molecule has 1 aromatic carbocycles. The molecule has 0 bridgehead atoms. The van der Waals surface area contributed by atoms with Crippen LogP contribution in [0.15, 0.2) is 23.2 Å². The van der Waals surface area contributed by atoms with Crippen LogP contribution in [0.25, 0.3) is 0 Å². The SMILES string of the molecule is NC(CCl)=Nc1c(Cl)cccc1C(=O)O. The quantitative estimate of drug-likeness (QED) is 0.488. The number of aromatic carboxylic acids is 1. The van der Waals surface area contributed by atoms with Crippen molar-refractivity contribution in [3.05, 3.63) is 28.8 Å². The van der Waals surface area contributed by atoms with Crippen LogP contribution in [0.3, 0.4) is 0 Å². The van der Waals surface area contributed by atoms with Gasteiger partial charge in [-0.05, 0) is 12.1 Å². The number of hydrogen-bond acceptors (Lipinski definition) is 2. The van der Waals surface area contributed by atoms with Crippen LogP contribution in [0.5, 0.6) is 0 Å². The van der Waals surface area contributed by atoms with E-state index in [0.29, 0.717) is 0 Å². The Balaban J connectivity index is 3.31. The van der Waals surface area contributed by atoms with Gasteiger partial charge in [-0.2, -0.15) is 0 Å². The number of aliphatic imine (C=N–C) groups is 1. The lowest BCUT2D eigenvalue weighted by Gasteiger charge is -2.03. The first-order chi connectivity index (χ1) is 7.06. The van der Waals surface area contributed by atoms with Gasteiger partial charge in [0, 0.05) is 0 Å². The first-order valence-corrected chi connectivity index (χ1v) is 4.88. The Kier molecular flexibility index (Phi) is 3.94. The second kappa shape index (κ2) is 5.00. The van der Waals surface area contributed by atoms with Crippen LogP contribution in [-0.2, 0) is 0 Å². The molecular weight excluding hydrogens is 239 g/mol. The Morgan fingerprint density at radius 2 is 2.20 bits per heavy atom. The maximum Gasteiger partial charge on any atom is 0.337 e. The van der Waals surface area contributed by atoms with Crippen LogP contribution < -0.4 is 5.73 Å². The van der Waals surface area contributed by atoms with Crippen LogP contribution >= 0.6 is 23.2 Å². The van der Waals surface area contributed by atoms with Crippen LogP contribution in [0.1, 0.15) is 10.4 Å². The number of hydrogen-bond donors (Lipinski definition) is 2. The molecule has 0 spiro atoms. The number of carboxylic acids is 1. The summed E-state index contributed by atoms with van der Waals surface area (Å²) in [6, 6.07) is 4.46. The molecule has 6 heteroatoms. The number of rotatable bonds is 3. The summed E-state index contributed by atoms with van der Waals surface area (Å²) < 4.78 is 0. The molecule has 0 saturated heterocycles. The van der Waals surface area contributed by atoms with E-state index in [2.05, 4.69) is 4.99 Å². The summed E-state index contributed by atoms with van der Waals surface area (Å²) in [5, 5.41) is 9.10. The highest BCUT2D eigenvalue weighted by atomic mass is 35.5. The van der Waals surface area contributed by atoms with Crippen molar-refractivity contribution >= 4 is 40.7 Å². The predicted molar refractivity (Wildman–Crippen MR) is 60.4 cm³/mol. The fourth-order valence-electron chi connectivity index (χ4n) is 0.975. The van der Waals surface area contributed by atoms with Crippen molar-refractivity contribution < 1.29 is 9.90 Å². The van der Waals surface area contributed by atoms with Crippen molar-refractivity contribution in [2.75, 3.05) is 5.88 Å². The summed E-state index contributed by atoms with van der Waals surface area (Å²) in [7, 11) is 0. The predicted octanol–water partition coefficient (Wildman–Crippen LogP) is 2.27. The third-order valence-corrected chi connectivity index (χ3v) is 2.19. The molecule has 0 aliphatic heterocycles. The highest BCUT2D eigenvalue weighted by Crippen LogP contribution is 2.28. The summed E-state index contributed by atoms with van der Waals surface area (Å²) >= 11 is 11.2. The molecule has 0 amide bonds. The molecule has 0 saturated carbocycles. The average molecular weight is 247 g/mol. The number of amidine groups is 1. The molecule has 15 heavy (non-hydrogen) atoms. The molecule has 0 heterocycles. The van der Waals surface area contributed by atoms with Crippen molar-refractivity contribution in [2.45, 2.75) is 0 Å². The summed E-state index contributed by atoms with van der Waals surface area (Å²) in [5.74, 6) is -0.976. The highest BCUT2D eigenvalue weighted by Gasteiger charge is 2.12. The van der Waals surface area contributed by atoms with Crippen LogP contribution in [-0.4, -0.2) is 22.8 Å². The Morgan fingerprint density at radius 3 is 2.73 bits per heavy atom. The molecule has 0 atom stereocenters. The Labute approximate surface area is 96.3 Å². The van der Waals surface area contributed by atoms with Crippen molar-refractivity contribution in [1.82, 2.24) is 0 Å². The van der Waals surface area contributed by atoms with Gasteiger partial charge < -0.3 is 10.8 Å². The molecule has 1 aromatic rings. The first kappa shape index (κ1) is 11.8. The topological polar surface area (TPSA) is 75.7 Å². The third kappa shape index (κ3) is 2.84. The van der Waals surface area contributed by atoms with E-state index < -0.39 is 5.97 Å². The zero-order chi connectivity index (χ0) is 11.4. The third-order valence-electron chi connectivity index (χ3n) is 1.61. The van der Waals surface area contributed by atoms with E-state index >= 15 is 0 Å². The maximum absolute atomic E-state index is 10.8. The smallest absolute Gasteiger partial charge is 0.337 e. The molecule has 0 aromatic heterocycles. The second-order valence-electron chi connectivity index (χ2n) is 2.68. The van der Waals surface area contributed by atoms with E-state index in [4.69, 9.17) is 34.0 Å². The standard InChI is InChI=1S/C9H8Cl2N2O2/c10-4-7(12)13-8-5(9(14)15)2-1-3-6(8)11/h1-3H,4H2,(H2,12,13)(H,14,15). The van der Waals surface area contributed by atoms with Crippen LogP contribution in [0.2, 0.25) is 5.02 Å². The zero-order valence-corrected chi connectivity index (χ0v) is 9.09. The number of alkyl halides is 1. The molecule has 1 rings (SSSR count). The number of benzene rings is 1. The number of para-hydroxylation sites is 1. The minimum atomic E-state index is -1.11. The van der Waals surface area contributed by atoms with Gasteiger partial charge in [-0.25, -0.2) is 9.79 Å². The van der Waals surface area contributed by atoms with Gasteiger partial charge in [0.25, 0.3) is 0 Å². The number of carboxylic acid groups (broad SMARTS) is 1. The van der Waals surface area contributed by atoms with E-state index in [1.54, 1.807) is 0 Å². The first-order valence-electron chi connectivity index (χ1n) is 3.97. The van der Waals surface area contributed by atoms with Gasteiger partial charge in [-0.3, -0.25) is 0 Å². The number of nitrogens with two attached hydrogens (primary N) is 1. The van der Waals surface area contributed by atoms with Gasteiger partial charge in [0.2, 0.25) is 0 Å². The van der Waals surface area contributed by atoms with Gasteiger partial charge in [0.05, 0.1) is 22.2 Å². The van der Waals surface area contributed by atoms with Crippen molar-refractivity contribution in [1.29, 1.82) is 0 Å². The minimum Gasteiger partial charge on any atom is -0.478 e. The fourth-order valence-corrected chi connectivity index (χ4v) is 1.25. The van der Waals surface area contributed by atoms with Crippen molar-refractivity contribution in [2.24, 2.45) is 10.7 Å². The van der Waals surface area contributed by atoms with Crippen LogP contribution in [0, 0.1) is 0 Å². The van der Waals surface area contributed by atoms with E-state index in [1.165, 1.54) is 18.2 Å². The molecular formula is C9H8Cl2N2O2. The Bertz CT molecular complexity index is 419. The van der Waals surface area contributed by atoms with Gasteiger partial charge in [0.15, 0.2) is 0 Å². The number of nitrogens with zero attached hydrogens (tertiary/aromatic N) is 1. The Hall–Kier alpha value is -1.26. The monoisotopic (exact) mass is 246 g/mol. The number of halogens is 2. The van der Waals surface area contributed by atoms with E-state index in [9.17, 15) is 4.79 Å². The molecule has 0 radical (unpaired) electrons. The van der Waals surface area contributed by atoms with Gasteiger partial charge in [-0.1, -0.05) is 17.7 Å². The highest BCUT2D eigenvalue weighted by molar-refractivity contribution is 6.34. The molecule has 4 nitrogen and oxygen atoms in total. The zero-order valence-electron chi connectivity index (χ0n) is 7.58. The van der Waals surface area contributed by atoms with Gasteiger partial charge in [0.1, 0.15) is 5.84 Å². The molecule has 0 unspecified atom stereocenters. The molecule has 0 aliphatic carbocycles.